The Balaban J connectivity index is 1.75. The lowest BCUT2D eigenvalue weighted by Gasteiger charge is -2.19. The molecule has 0 unspecified atom stereocenters. The maximum Gasteiger partial charge on any atom is 0.315 e. The topological polar surface area (TPSA) is 53.6 Å². The summed E-state index contributed by atoms with van der Waals surface area (Å²) < 4.78 is 5.08. The van der Waals surface area contributed by atoms with Crippen molar-refractivity contribution in [3.05, 3.63) is 34.9 Å². The smallest absolute Gasteiger partial charge is 0.315 e. The van der Waals surface area contributed by atoms with Crippen molar-refractivity contribution < 1.29 is 9.53 Å². The van der Waals surface area contributed by atoms with Gasteiger partial charge in [-0.25, -0.2) is 4.79 Å². The predicted molar refractivity (Wildman–Crippen MR) is 88.3 cm³/mol. The maximum atomic E-state index is 12.1. The summed E-state index contributed by atoms with van der Waals surface area (Å²) in [5.41, 5.74) is 1.03. The molecule has 1 fully saturated rings. The Kier molecular flexibility index (Phi) is 6.49. The maximum absolute atomic E-state index is 12.1. The molecule has 0 aromatic heterocycles. The molecule has 1 aliphatic heterocycles. The van der Waals surface area contributed by atoms with E-state index in [1.54, 1.807) is 7.11 Å². The summed E-state index contributed by atoms with van der Waals surface area (Å²) in [6.07, 6.45) is 0.979. The van der Waals surface area contributed by atoms with Crippen molar-refractivity contribution in [2.24, 2.45) is 0 Å². The zero-order valence-electron chi connectivity index (χ0n) is 13.1. The molecule has 2 atom stereocenters. The number of carbonyl (C=O) groups is 1. The van der Waals surface area contributed by atoms with Crippen LogP contribution in [-0.2, 0) is 4.74 Å². The van der Waals surface area contributed by atoms with Gasteiger partial charge < -0.3 is 15.4 Å². The average molecular weight is 326 g/mol. The van der Waals surface area contributed by atoms with Crippen molar-refractivity contribution in [2.45, 2.75) is 25.4 Å². The van der Waals surface area contributed by atoms with E-state index in [2.05, 4.69) is 15.5 Å². The molecule has 122 valence electrons. The lowest BCUT2D eigenvalue weighted by atomic mass is 10.1. The van der Waals surface area contributed by atoms with Crippen LogP contribution in [-0.4, -0.2) is 50.3 Å². The number of likely N-dealkylation sites (tertiary alicyclic amines) is 1. The monoisotopic (exact) mass is 325 g/mol. The first-order valence-corrected chi connectivity index (χ1v) is 8.00. The molecule has 2 amide bonds. The molecule has 0 spiro atoms. The zero-order chi connectivity index (χ0) is 15.9. The van der Waals surface area contributed by atoms with Crippen LogP contribution in [0.15, 0.2) is 24.3 Å². The SMILES string of the molecule is COCCN1CC[C@H](NC(=O)N[C@@H](C)c2ccc(Cl)cc2)C1. The molecule has 2 rings (SSSR count). The summed E-state index contributed by atoms with van der Waals surface area (Å²) in [7, 11) is 1.71. The van der Waals surface area contributed by atoms with Gasteiger partial charge in [-0.3, -0.25) is 4.90 Å². The Morgan fingerprint density at radius 3 is 2.86 bits per heavy atom. The molecular weight excluding hydrogens is 302 g/mol. The largest absolute Gasteiger partial charge is 0.383 e. The molecule has 1 saturated heterocycles. The third kappa shape index (κ3) is 5.16. The fraction of sp³-hybridized carbons (Fsp3) is 0.562. The molecule has 5 nitrogen and oxygen atoms in total. The number of urea groups is 1. The highest BCUT2D eigenvalue weighted by Crippen LogP contribution is 2.16. The normalized spacial score (nSPS) is 19.9. The molecule has 6 heteroatoms. The van der Waals surface area contributed by atoms with E-state index < -0.39 is 0 Å². The lowest BCUT2D eigenvalue weighted by molar-refractivity contribution is 0.159. The number of hydrogen-bond donors (Lipinski definition) is 2. The number of benzene rings is 1. The molecule has 1 heterocycles. The summed E-state index contributed by atoms with van der Waals surface area (Å²) in [6.45, 7) is 5.49. The van der Waals surface area contributed by atoms with E-state index in [4.69, 9.17) is 16.3 Å². The van der Waals surface area contributed by atoms with Gasteiger partial charge in [0.15, 0.2) is 0 Å². The van der Waals surface area contributed by atoms with Crippen molar-refractivity contribution in [3.8, 4) is 0 Å². The standard InChI is InChI=1S/C16H24ClN3O2/c1-12(13-3-5-14(17)6-4-13)18-16(21)19-15-7-8-20(11-15)9-10-22-2/h3-6,12,15H,7-11H2,1-2H3,(H2,18,19,21)/t12-,15-/m0/s1. The van der Waals surface area contributed by atoms with E-state index >= 15 is 0 Å². The van der Waals surface area contributed by atoms with E-state index in [9.17, 15) is 4.79 Å². The van der Waals surface area contributed by atoms with Gasteiger partial charge >= 0.3 is 6.03 Å². The van der Waals surface area contributed by atoms with Gasteiger partial charge in [-0.05, 0) is 31.0 Å². The van der Waals surface area contributed by atoms with Gasteiger partial charge in [0.2, 0.25) is 0 Å². The number of ether oxygens (including phenoxy) is 1. The molecule has 1 aliphatic rings. The molecule has 2 N–H and O–H groups in total. The summed E-state index contributed by atoms with van der Waals surface area (Å²) in [4.78, 5) is 14.4. The van der Waals surface area contributed by atoms with Gasteiger partial charge in [0, 0.05) is 37.8 Å². The van der Waals surface area contributed by atoms with Gasteiger partial charge in [0.05, 0.1) is 12.6 Å². The average Bonchev–Trinajstić information content (AvgIpc) is 2.93. The van der Waals surface area contributed by atoms with Crippen LogP contribution in [0.2, 0.25) is 5.02 Å². The van der Waals surface area contributed by atoms with Gasteiger partial charge in [-0.1, -0.05) is 23.7 Å². The van der Waals surface area contributed by atoms with Gasteiger partial charge in [-0.2, -0.15) is 0 Å². The quantitative estimate of drug-likeness (QED) is 0.844. The fourth-order valence-corrected chi connectivity index (χ4v) is 2.76. The number of rotatable bonds is 6. The van der Waals surface area contributed by atoms with Gasteiger partial charge in [0.1, 0.15) is 0 Å². The zero-order valence-corrected chi connectivity index (χ0v) is 13.9. The van der Waals surface area contributed by atoms with E-state index in [0.717, 1.165) is 38.2 Å². The van der Waals surface area contributed by atoms with Crippen LogP contribution >= 0.6 is 11.6 Å². The van der Waals surface area contributed by atoms with Crippen LogP contribution in [0, 0.1) is 0 Å². The molecule has 22 heavy (non-hydrogen) atoms. The Labute approximate surface area is 137 Å². The lowest BCUT2D eigenvalue weighted by Crippen LogP contribution is -2.44. The van der Waals surface area contributed by atoms with Crippen molar-refractivity contribution in [3.63, 3.8) is 0 Å². The van der Waals surface area contributed by atoms with E-state index in [1.807, 2.05) is 31.2 Å². The number of amides is 2. The number of nitrogens with zero attached hydrogens (tertiary/aromatic N) is 1. The minimum atomic E-state index is -0.124. The van der Waals surface area contributed by atoms with Crippen LogP contribution in [0.25, 0.3) is 0 Å². The minimum Gasteiger partial charge on any atom is -0.383 e. The first kappa shape index (κ1) is 17.1. The molecule has 0 radical (unpaired) electrons. The minimum absolute atomic E-state index is 0.0525. The Bertz CT molecular complexity index is 481. The number of hydrogen-bond acceptors (Lipinski definition) is 3. The van der Waals surface area contributed by atoms with Crippen LogP contribution in [0.5, 0.6) is 0 Å². The second-order valence-corrected chi connectivity index (χ2v) is 6.11. The highest BCUT2D eigenvalue weighted by Gasteiger charge is 2.23. The third-order valence-corrected chi connectivity index (χ3v) is 4.19. The number of carbonyl (C=O) groups excluding carboxylic acids is 1. The molecular formula is C16H24ClN3O2. The van der Waals surface area contributed by atoms with Crippen LogP contribution < -0.4 is 10.6 Å². The van der Waals surface area contributed by atoms with E-state index in [1.165, 1.54) is 0 Å². The number of nitrogens with one attached hydrogen (secondary N) is 2. The van der Waals surface area contributed by atoms with E-state index in [0.29, 0.717) is 5.02 Å². The highest BCUT2D eigenvalue weighted by atomic mass is 35.5. The predicted octanol–water partition coefficient (Wildman–Crippen LogP) is 2.42. The first-order valence-electron chi connectivity index (χ1n) is 7.62. The summed E-state index contributed by atoms with van der Waals surface area (Å²) in [6, 6.07) is 7.54. The molecule has 0 saturated carbocycles. The highest BCUT2D eigenvalue weighted by molar-refractivity contribution is 6.30. The molecule has 1 aromatic carbocycles. The number of methoxy groups -OCH3 is 1. The van der Waals surface area contributed by atoms with Crippen molar-refractivity contribution in [1.29, 1.82) is 0 Å². The Morgan fingerprint density at radius 2 is 2.18 bits per heavy atom. The van der Waals surface area contributed by atoms with Crippen molar-refractivity contribution >= 4 is 17.6 Å². The molecule has 1 aromatic rings. The van der Waals surface area contributed by atoms with E-state index in [-0.39, 0.29) is 18.1 Å². The summed E-state index contributed by atoms with van der Waals surface area (Å²) in [5.74, 6) is 0. The number of halogens is 1. The van der Waals surface area contributed by atoms with Gasteiger partial charge in [0.25, 0.3) is 0 Å². The van der Waals surface area contributed by atoms with Crippen LogP contribution in [0.1, 0.15) is 24.9 Å². The Morgan fingerprint density at radius 1 is 1.45 bits per heavy atom. The Hall–Kier alpha value is -1.30. The van der Waals surface area contributed by atoms with Crippen LogP contribution in [0.3, 0.4) is 0 Å². The molecule has 0 aliphatic carbocycles. The summed E-state index contributed by atoms with van der Waals surface area (Å²) in [5, 5.41) is 6.70. The van der Waals surface area contributed by atoms with Gasteiger partial charge in [-0.15, -0.1) is 0 Å². The second-order valence-electron chi connectivity index (χ2n) is 5.67. The third-order valence-electron chi connectivity index (χ3n) is 3.94. The first-order chi connectivity index (χ1) is 10.6. The molecule has 0 bridgehead atoms. The van der Waals surface area contributed by atoms with Crippen molar-refractivity contribution in [1.82, 2.24) is 15.5 Å². The second kappa shape index (κ2) is 8.36. The van der Waals surface area contributed by atoms with Crippen LogP contribution in [0.4, 0.5) is 4.79 Å². The summed E-state index contributed by atoms with van der Waals surface area (Å²) >= 11 is 5.87. The fourth-order valence-electron chi connectivity index (χ4n) is 2.63. The van der Waals surface area contributed by atoms with Crippen molar-refractivity contribution in [2.75, 3.05) is 33.4 Å².